The van der Waals surface area contributed by atoms with Crippen molar-refractivity contribution in [3.05, 3.63) is 95.5 Å². The Hall–Kier alpha value is -3.24. The second kappa shape index (κ2) is 7.56. The van der Waals surface area contributed by atoms with Crippen LogP contribution in [0.25, 0.3) is 16.8 Å². The smallest absolute Gasteiger partial charge is 0.257 e. The van der Waals surface area contributed by atoms with Crippen LogP contribution >= 0.6 is 11.3 Å². The SMILES string of the molecule is Cc1csc(N(C(=O)/C=C\c2cccc3ccccc23)c2ccccc2)n1. The number of nitrogens with zero attached hydrogens (tertiary/aromatic N) is 2. The van der Waals surface area contributed by atoms with Gasteiger partial charge in [-0.3, -0.25) is 9.69 Å². The van der Waals surface area contributed by atoms with E-state index in [9.17, 15) is 4.79 Å². The van der Waals surface area contributed by atoms with Crippen molar-refractivity contribution in [3.8, 4) is 0 Å². The van der Waals surface area contributed by atoms with Crippen LogP contribution in [0, 0.1) is 6.92 Å². The first-order valence-electron chi connectivity index (χ1n) is 8.69. The Morgan fingerprint density at radius 3 is 2.48 bits per heavy atom. The average Bonchev–Trinajstić information content (AvgIpc) is 3.13. The summed E-state index contributed by atoms with van der Waals surface area (Å²) in [7, 11) is 0. The summed E-state index contributed by atoms with van der Waals surface area (Å²) in [5.41, 5.74) is 2.73. The van der Waals surface area contributed by atoms with E-state index in [1.54, 1.807) is 11.0 Å². The molecular weight excluding hydrogens is 352 g/mol. The van der Waals surface area contributed by atoms with Gasteiger partial charge in [-0.1, -0.05) is 60.7 Å². The van der Waals surface area contributed by atoms with Crippen LogP contribution in [-0.2, 0) is 4.79 Å². The van der Waals surface area contributed by atoms with Crippen LogP contribution in [0.15, 0.2) is 84.3 Å². The van der Waals surface area contributed by atoms with Crippen molar-refractivity contribution < 1.29 is 4.79 Å². The molecule has 3 aromatic carbocycles. The summed E-state index contributed by atoms with van der Waals surface area (Å²) in [5, 5.41) is 4.90. The van der Waals surface area contributed by atoms with Crippen LogP contribution in [0.5, 0.6) is 0 Å². The van der Waals surface area contributed by atoms with E-state index in [0.29, 0.717) is 5.13 Å². The standard InChI is InChI=1S/C23H18N2OS/c1-17-16-27-23(24-17)25(20-11-3-2-4-12-20)22(26)15-14-19-10-7-9-18-8-5-6-13-21(18)19/h2-16H,1H3/b15-14-. The fourth-order valence-electron chi connectivity index (χ4n) is 2.98. The Morgan fingerprint density at radius 2 is 1.70 bits per heavy atom. The number of amides is 1. The molecule has 1 aromatic heterocycles. The van der Waals surface area contributed by atoms with Crippen molar-refractivity contribution in [2.45, 2.75) is 6.92 Å². The molecule has 0 saturated carbocycles. The van der Waals surface area contributed by atoms with Gasteiger partial charge in [0.2, 0.25) is 0 Å². The monoisotopic (exact) mass is 370 g/mol. The summed E-state index contributed by atoms with van der Waals surface area (Å²) in [6, 6.07) is 23.9. The number of hydrogen-bond donors (Lipinski definition) is 0. The first-order valence-corrected chi connectivity index (χ1v) is 9.57. The van der Waals surface area contributed by atoms with Crippen LogP contribution in [0.3, 0.4) is 0 Å². The van der Waals surface area contributed by atoms with E-state index in [1.807, 2.05) is 73.0 Å². The third-order valence-electron chi connectivity index (χ3n) is 4.26. The molecule has 0 N–H and O–H groups in total. The number of aromatic nitrogens is 1. The first kappa shape index (κ1) is 17.2. The number of aryl methyl sites for hydroxylation is 1. The zero-order chi connectivity index (χ0) is 18.6. The second-order valence-corrected chi connectivity index (χ2v) is 7.02. The van der Waals surface area contributed by atoms with E-state index in [-0.39, 0.29) is 5.91 Å². The maximum atomic E-state index is 13.1. The molecule has 4 rings (SSSR count). The van der Waals surface area contributed by atoms with E-state index >= 15 is 0 Å². The molecular formula is C23H18N2OS. The van der Waals surface area contributed by atoms with Gasteiger partial charge in [0, 0.05) is 11.5 Å². The lowest BCUT2D eigenvalue weighted by atomic mass is 10.0. The van der Waals surface area contributed by atoms with Crippen molar-refractivity contribution in [2.24, 2.45) is 0 Å². The molecule has 0 saturated heterocycles. The number of fused-ring (bicyclic) bond motifs is 1. The number of carbonyl (C=O) groups excluding carboxylic acids is 1. The molecule has 0 aliphatic heterocycles. The minimum Gasteiger partial charge on any atom is -0.269 e. The molecule has 3 nitrogen and oxygen atoms in total. The first-order chi connectivity index (χ1) is 13.2. The zero-order valence-electron chi connectivity index (χ0n) is 14.9. The number of anilines is 2. The van der Waals surface area contributed by atoms with Gasteiger partial charge in [0.1, 0.15) is 0 Å². The number of para-hydroxylation sites is 1. The molecule has 132 valence electrons. The Labute approximate surface area is 162 Å². The molecule has 0 aliphatic carbocycles. The number of benzene rings is 3. The van der Waals surface area contributed by atoms with Gasteiger partial charge >= 0.3 is 0 Å². The molecule has 0 unspecified atom stereocenters. The summed E-state index contributed by atoms with van der Waals surface area (Å²) >= 11 is 1.47. The minimum atomic E-state index is -0.122. The van der Waals surface area contributed by atoms with Crippen molar-refractivity contribution in [1.29, 1.82) is 0 Å². The number of carbonyl (C=O) groups is 1. The summed E-state index contributed by atoms with van der Waals surface area (Å²) < 4.78 is 0. The highest BCUT2D eigenvalue weighted by Gasteiger charge is 2.18. The average molecular weight is 370 g/mol. The molecule has 1 amide bonds. The largest absolute Gasteiger partial charge is 0.269 e. The lowest BCUT2D eigenvalue weighted by molar-refractivity contribution is -0.113. The normalized spacial score (nSPS) is 11.1. The summed E-state index contributed by atoms with van der Waals surface area (Å²) in [4.78, 5) is 19.2. The Kier molecular flexibility index (Phi) is 4.81. The zero-order valence-corrected chi connectivity index (χ0v) is 15.7. The summed E-state index contributed by atoms with van der Waals surface area (Å²) in [5.74, 6) is -0.122. The fourth-order valence-corrected chi connectivity index (χ4v) is 3.81. The third kappa shape index (κ3) is 3.66. The molecule has 0 aliphatic rings. The van der Waals surface area contributed by atoms with Gasteiger partial charge in [0.15, 0.2) is 5.13 Å². The lowest BCUT2D eigenvalue weighted by Gasteiger charge is -2.18. The third-order valence-corrected chi connectivity index (χ3v) is 5.21. The van der Waals surface area contributed by atoms with Gasteiger partial charge in [0.25, 0.3) is 5.91 Å². The number of rotatable bonds is 4. The van der Waals surface area contributed by atoms with Crippen LogP contribution in [0.1, 0.15) is 11.3 Å². The van der Waals surface area contributed by atoms with Crippen LogP contribution in [-0.4, -0.2) is 10.9 Å². The van der Waals surface area contributed by atoms with E-state index in [1.165, 1.54) is 11.3 Å². The van der Waals surface area contributed by atoms with Gasteiger partial charge in [-0.25, -0.2) is 4.98 Å². The van der Waals surface area contributed by atoms with E-state index in [0.717, 1.165) is 27.7 Å². The molecule has 0 fully saturated rings. The molecule has 27 heavy (non-hydrogen) atoms. The number of thiazole rings is 1. The maximum Gasteiger partial charge on any atom is 0.257 e. The van der Waals surface area contributed by atoms with E-state index in [2.05, 4.69) is 23.2 Å². The van der Waals surface area contributed by atoms with Gasteiger partial charge in [-0.05, 0) is 41.5 Å². The summed E-state index contributed by atoms with van der Waals surface area (Å²) in [6.45, 7) is 1.93. The highest BCUT2D eigenvalue weighted by molar-refractivity contribution is 7.14. The quantitative estimate of drug-likeness (QED) is 0.414. The minimum absolute atomic E-state index is 0.122. The van der Waals surface area contributed by atoms with Crippen molar-refractivity contribution in [3.63, 3.8) is 0 Å². The van der Waals surface area contributed by atoms with Gasteiger partial charge in [-0.2, -0.15) is 0 Å². The number of hydrogen-bond acceptors (Lipinski definition) is 3. The Balaban J connectivity index is 1.70. The van der Waals surface area contributed by atoms with E-state index < -0.39 is 0 Å². The predicted molar refractivity (Wildman–Crippen MR) is 113 cm³/mol. The maximum absolute atomic E-state index is 13.1. The molecule has 4 heteroatoms. The van der Waals surface area contributed by atoms with Gasteiger partial charge in [-0.15, -0.1) is 11.3 Å². The summed E-state index contributed by atoms with van der Waals surface area (Å²) in [6.07, 6.45) is 3.49. The molecule has 4 aromatic rings. The molecule has 0 bridgehead atoms. The lowest BCUT2D eigenvalue weighted by Crippen LogP contribution is -2.23. The van der Waals surface area contributed by atoms with Crippen molar-refractivity contribution >= 4 is 44.9 Å². The van der Waals surface area contributed by atoms with Gasteiger partial charge in [0.05, 0.1) is 11.4 Å². The predicted octanol–water partition coefficient (Wildman–Crippen LogP) is 5.98. The Morgan fingerprint density at radius 1 is 0.963 bits per heavy atom. The Bertz CT molecular complexity index is 1110. The van der Waals surface area contributed by atoms with Crippen LogP contribution in [0.4, 0.5) is 10.8 Å². The molecule has 0 spiro atoms. The van der Waals surface area contributed by atoms with Crippen LogP contribution in [0.2, 0.25) is 0 Å². The van der Waals surface area contributed by atoms with Crippen molar-refractivity contribution in [2.75, 3.05) is 4.90 Å². The topological polar surface area (TPSA) is 33.2 Å². The second-order valence-electron chi connectivity index (χ2n) is 6.18. The highest BCUT2D eigenvalue weighted by atomic mass is 32.1. The highest BCUT2D eigenvalue weighted by Crippen LogP contribution is 2.29. The fraction of sp³-hybridized carbons (Fsp3) is 0.0435. The van der Waals surface area contributed by atoms with E-state index in [4.69, 9.17) is 0 Å². The van der Waals surface area contributed by atoms with Crippen molar-refractivity contribution in [1.82, 2.24) is 4.98 Å². The molecule has 1 heterocycles. The van der Waals surface area contributed by atoms with Gasteiger partial charge < -0.3 is 0 Å². The molecule has 0 radical (unpaired) electrons. The van der Waals surface area contributed by atoms with Crippen LogP contribution < -0.4 is 4.90 Å². The molecule has 0 atom stereocenters.